The van der Waals surface area contributed by atoms with Crippen LogP contribution in [0.5, 0.6) is 0 Å². The van der Waals surface area contributed by atoms with E-state index in [2.05, 4.69) is 31.4 Å². The lowest BCUT2D eigenvalue weighted by atomic mass is 9.88. The first-order valence-corrected chi connectivity index (χ1v) is 7.66. The Kier molecular flexibility index (Phi) is 5.18. The van der Waals surface area contributed by atoms with Crippen molar-refractivity contribution in [3.8, 4) is 0 Å². The summed E-state index contributed by atoms with van der Waals surface area (Å²) < 4.78 is 0. The van der Waals surface area contributed by atoms with E-state index < -0.39 is 0 Å². The molecule has 1 aliphatic heterocycles. The van der Waals surface area contributed by atoms with E-state index in [4.69, 9.17) is 0 Å². The maximum atomic E-state index is 12.1. The molecule has 3 heteroatoms. The third-order valence-electron chi connectivity index (χ3n) is 4.33. The average Bonchev–Trinajstić information content (AvgIpc) is 2.46. The van der Waals surface area contributed by atoms with Crippen molar-refractivity contribution in [2.45, 2.75) is 33.1 Å². The third kappa shape index (κ3) is 3.83. The Balaban J connectivity index is 1.88. The molecular formula is C17H26N2O. The van der Waals surface area contributed by atoms with Crippen LogP contribution in [-0.2, 0) is 0 Å². The molecular weight excluding hydrogens is 248 g/mol. The first-order chi connectivity index (χ1) is 9.58. The molecule has 1 aromatic rings. The van der Waals surface area contributed by atoms with Gasteiger partial charge in [0.05, 0.1) is 0 Å². The van der Waals surface area contributed by atoms with Gasteiger partial charge in [0.25, 0.3) is 5.91 Å². The van der Waals surface area contributed by atoms with Gasteiger partial charge in [-0.2, -0.15) is 0 Å². The molecule has 0 bridgehead atoms. The van der Waals surface area contributed by atoms with Crippen molar-refractivity contribution in [1.29, 1.82) is 0 Å². The fraction of sp³-hybridized carbons (Fsp3) is 0.588. The van der Waals surface area contributed by atoms with Gasteiger partial charge in [-0.3, -0.25) is 4.79 Å². The van der Waals surface area contributed by atoms with Crippen LogP contribution < -0.4 is 10.6 Å². The monoisotopic (exact) mass is 274 g/mol. The number of nitrogens with one attached hydrogen (secondary N) is 2. The molecule has 2 rings (SSSR count). The van der Waals surface area contributed by atoms with Crippen LogP contribution in [0.1, 0.15) is 49.0 Å². The predicted molar refractivity (Wildman–Crippen MR) is 83.0 cm³/mol. The van der Waals surface area contributed by atoms with E-state index in [0.29, 0.717) is 17.8 Å². The quantitative estimate of drug-likeness (QED) is 0.886. The van der Waals surface area contributed by atoms with E-state index >= 15 is 0 Å². The van der Waals surface area contributed by atoms with Crippen LogP contribution in [0.25, 0.3) is 0 Å². The summed E-state index contributed by atoms with van der Waals surface area (Å²) in [6.07, 6.45) is 1.15. The number of benzene rings is 1. The van der Waals surface area contributed by atoms with Crippen molar-refractivity contribution in [1.82, 2.24) is 10.6 Å². The summed E-state index contributed by atoms with van der Waals surface area (Å²) in [6.45, 7) is 9.48. The van der Waals surface area contributed by atoms with E-state index in [-0.39, 0.29) is 5.91 Å². The second-order valence-corrected chi connectivity index (χ2v) is 6.22. The molecule has 0 saturated carbocycles. The Morgan fingerprint density at radius 1 is 1.35 bits per heavy atom. The summed E-state index contributed by atoms with van der Waals surface area (Å²) in [6, 6.07) is 7.95. The fourth-order valence-electron chi connectivity index (χ4n) is 2.72. The second-order valence-electron chi connectivity index (χ2n) is 6.22. The summed E-state index contributed by atoms with van der Waals surface area (Å²) in [5.41, 5.74) is 2.03. The molecule has 1 heterocycles. The van der Waals surface area contributed by atoms with Gasteiger partial charge in [-0.15, -0.1) is 0 Å². The Labute approximate surface area is 122 Å². The van der Waals surface area contributed by atoms with Gasteiger partial charge < -0.3 is 10.6 Å². The van der Waals surface area contributed by atoms with Gasteiger partial charge in [-0.25, -0.2) is 0 Å². The highest BCUT2D eigenvalue weighted by Crippen LogP contribution is 2.18. The summed E-state index contributed by atoms with van der Waals surface area (Å²) in [5, 5.41) is 6.47. The number of amides is 1. The average molecular weight is 274 g/mol. The van der Waals surface area contributed by atoms with Crippen LogP contribution in [-0.4, -0.2) is 25.5 Å². The third-order valence-corrected chi connectivity index (χ3v) is 4.33. The first kappa shape index (κ1) is 15.0. The standard InChI is InChI=1S/C17H26N2O/c1-12(2)14-4-6-15(7-5-14)17(20)19-11-16-8-9-18-10-13(16)3/h4-7,12-13,16,18H,8-11H2,1-3H3,(H,19,20). The predicted octanol–water partition coefficient (Wildman–Crippen LogP) is 2.79. The van der Waals surface area contributed by atoms with Gasteiger partial charge in [0.15, 0.2) is 0 Å². The topological polar surface area (TPSA) is 41.1 Å². The molecule has 110 valence electrons. The van der Waals surface area contributed by atoms with E-state index in [1.165, 1.54) is 5.56 Å². The molecule has 1 aromatic carbocycles. The first-order valence-electron chi connectivity index (χ1n) is 7.66. The van der Waals surface area contributed by atoms with Gasteiger partial charge in [-0.1, -0.05) is 32.9 Å². The molecule has 2 unspecified atom stereocenters. The van der Waals surface area contributed by atoms with Gasteiger partial charge in [0, 0.05) is 12.1 Å². The minimum Gasteiger partial charge on any atom is -0.352 e. The molecule has 1 amide bonds. The Bertz CT molecular complexity index is 439. The lowest BCUT2D eigenvalue weighted by molar-refractivity contribution is 0.0938. The van der Waals surface area contributed by atoms with E-state index in [1.807, 2.05) is 24.3 Å². The summed E-state index contributed by atoms with van der Waals surface area (Å²) >= 11 is 0. The zero-order valence-corrected chi connectivity index (χ0v) is 12.8. The van der Waals surface area contributed by atoms with Gasteiger partial charge in [0.1, 0.15) is 0 Å². The molecule has 0 spiro atoms. The fourth-order valence-corrected chi connectivity index (χ4v) is 2.72. The minimum absolute atomic E-state index is 0.0473. The van der Waals surface area contributed by atoms with Crippen LogP contribution in [0.4, 0.5) is 0 Å². The Morgan fingerprint density at radius 2 is 2.05 bits per heavy atom. The van der Waals surface area contributed by atoms with Crippen LogP contribution in [0.3, 0.4) is 0 Å². The van der Waals surface area contributed by atoms with Crippen LogP contribution in [0, 0.1) is 11.8 Å². The molecule has 1 fully saturated rings. The van der Waals surface area contributed by atoms with Crippen molar-refractivity contribution in [3.63, 3.8) is 0 Å². The molecule has 1 aliphatic rings. The number of rotatable bonds is 4. The van der Waals surface area contributed by atoms with Gasteiger partial charge in [0.2, 0.25) is 0 Å². The largest absolute Gasteiger partial charge is 0.352 e. The molecule has 0 radical (unpaired) electrons. The van der Waals surface area contributed by atoms with E-state index in [9.17, 15) is 4.79 Å². The zero-order valence-electron chi connectivity index (χ0n) is 12.8. The smallest absolute Gasteiger partial charge is 0.251 e. The highest BCUT2D eigenvalue weighted by molar-refractivity contribution is 5.94. The molecule has 1 saturated heterocycles. The van der Waals surface area contributed by atoms with Crippen molar-refractivity contribution < 1.29 is 4.79 Å². The second kappa shape index (κ2) is 6.89. The summed E-state index contributed by atoms with van der Waals surface area (Å²) in [5.74, 6) is 1.77. The van der Waals surface area contributed by atoms with Crippen molar-refractivity contribution >= 4 is 5.91 Å². The molecule has 2 N–H and O–H groups in total. The maximum Gasteiger partial charge on any atom is 0.251 e. The lowest BCUT2D eigenvalue weighted by Gasteiger charge is -2.29. The van der Waals surface area contributed by atoms with Crippen molar-refractivity contribution in [2.75, 3.05) is 19.6 Å². The van der Waals surface area contributed by atoms with E-state index in [1.54, 1.807) is 0 Å². The zero-order chi connectivity index (χ0) is 14.5. The highest BCUT2D eigenvalue weighted by atomic mass is 16.1. The molecule has 0 aliphatic carbocycles. The number of hydrogen-bond acceptors (Lipinski definition) is 2. The normalized spacial score (nSPS) is 22.8. The minimum atomic E-state index is 0.0473. The van der Waals surface area contributed by atoms with Crippen LogP contribution >= 0.6 is 0 Å². The Morgan fingerprint density at radius 3 is 2.65 bits per heavy atom. The molecule has 3 nitrogen and oxygen atoms in total. The number of piperidine rings is 1. The van der Waals surface area contributed by atoms with Crippen LogP contribution in [0.2, 0.25) is 0 Å². The highest BCUT2D eigenvalue weighted by Gasteiger charge is 2.21. The molecule has 2 atom stereocenters. The summed E-state index contributed by atoms with van der Waals surface area (Å²) in [4.78, 5) is 12.1. The van der Waals surface area contributed by atoms with Gasteiger partial charge >= 0.3 is 0 Å². The van der Waals surface area contributed by atoms with Crippen molar-refractivity contribution in [3.05, 3.63) is 35.4 Å². The summed E-state index contributed by atoms with van der Waals surface area (Å²) in [7, 11) is 0. The number of hydrogen-bond donors (Lipinski definition) is 2. The number of carbonyl (C=O) groups excluding carboxylic acids is 1. The Hall–Kier alpha value is -1.35. The lowest BCUT2D eigenvalue weighted by Crippen LogP contribution is -2.41. The van der Waals surface area contributed by atoms with Crippen molar-refractivity contribution in [2.24, 2.45) is 11.8 Å². The molecule has 20 heavy (non-hydrogen) atoms. The number of carbonyl (C=O) groups is 1. The maximum absolute atomic E-state index is 12.1. The molecule has 0 aromatic heterocycles. The van der Waals surface area contributed by atoms with E-state index in [0.717, 1.165) is 31.6 Å². The van der Waals surface area contributed by atoms with Gasteiger partial charge in [-0.05, 0) is 55.0 Å². The van der Waals surface area contributed by atoms with Crippen LogP contribution in [0.15, 0.2) is 24.3 Å². The SMILES string of the molecule is CC(C)c1ccc(C(=O)NCC2CCNCC2C)cc1.